The summed E-state index contributed by atoms with van der Waals surface area (Å²) in [5, 5.41) is 0.526. The maximum atomic E-state index is 13.3. The summed E-state index contributed by atoms with van der Waals surface area (Å²) in [6.45, 7) is 3.35. The van der Waals surface area contributed by atoms with Crippen LogP contribution in [0.15, 0.2) is 48.5 Å². The molecule has 0 radical (unpaired) electrons. The molecule has 0 saturated carbocycles. The van der Waals surface area contributed by atoms with E-state index in [4.69, 9.17) is 11.5 Å². The van der Waals surface area contributed by atoms with Crippen molar-refractivity contribution < 1.29 is 22.8 Å². The van der Waals surface area contributed by atoms with E-state index in [1.165, 1.54) is 22.8 Å². The monoisotopic (exact) mass is 496 g/mol. The summed E-state index contributed by atoms with van der Waals surface area (Å²) >= 11 is 0. The van der Waals surface area contributed by atoms with Gasteiger partial charge in [0.2, 0.25) is 0 Å². The zero-order valence-corrected chi connectivity index (χ0v) is 19.3. The van der Waals surface area contributed by atoms with Crippen LogP contribution in [0.25, 0.3) is 33.2 Å². The van der Waals surface area contributed by atoms with E-state index >= 15 is 0 Å². The van der Waals surface area contributed by atoms with Crippen molar-refractivity contribution in [3.63, 3.8) is 0 Å². The van der Waals surface area contributed by atoms with Crippen LogP contribution in [-0.4, -0.2) is 59.6 Å². The zero-order chi connectivity index (χ0) is 25.8. The molecule has 1 saturated heterocycles. The maximum Gasteiger partial charge on any atom is 0.416 e. The Balaban J connectivity index is 1.76. The summed E-state index contributed by atoms with van der Waals surface area (Å²) in [6.07, 6.45) is -4.55. The summed E-state index contributed by atoms with van der Waals surface area (Å²) in [6, 6.07) is 10.6. The molecule has 186 valence electrons. The van der Waals surface area contributed by atoms with Gasteiger partial charge in [0, 0.05) is 42.8 Å². The normalized spacial score (nSPS) is 15.1. The predicted octanol–water partition coefficient (Wildman–Crippen LogP) is 3.65. The molecule has 11 heteroatoms. The van der Waals surface area contributed by atoms with E-state index in [-0.39, 0.29) is 27.9 Å². The summed E-state index contributed by atoms with van der Waals surface area (Å²) in [7, 11) is 2.05. The number of piperazine rings is 1. The van der Waals surface area contributed by atoms with E-state index in [0.29, 0.717) is 10.9 Å². The molecule has 2 aromatic heterocycles. The highest BCUT2D eigenvalue weighted by atomic mass is 19.4. The van der Waals surface area contributed by atoms with E-state index in [9.17, 15) is 22.8 Å². The van der Waals surface area contributed by atoms with Crippen molar-refractivity contribution in [1.82, 2.24) is 14.5 Å². The Bertz CT molecular complexity index is 1520. The number of primary amides is 2. The van der Waals surface area contributed by atoms with Crippen molar-refractivity contribution in [3.8, 4) is 11.3 Å². The lowest BCUT2D eigenvalue weighted by Gasteiger charge is -2.34. The molecule has 36 heavy (non-hydrogen) atoms. The number of amides is 2. The number of halogens is 3. The summed E-state index contributed by atoms with van der Waals surface area (Å²) in [5.74, 6) is -0.861. The van der Waals surface area contributed by atoms with E-state index < -0.39 is 23.7 Å². The quantitative estimate of drug-likeness (QED) is 0.450. The number of hydrogen-bond acceptors (Lipinski definition) is 5. The van der Waals surface area contributed by atoms with Crippen LogP contribution in [0.2, 0.25) is 0 Å². The molecule has 2 aromatic carbocycles. The zero-order valence-electron chi connectivity index (χ0n) is 19.3. The molecular weight excluding hydrogens is 473 g/mol. The van der Waals surface area contributed by atoms with E-state index in [0.717, 1.165) is 44.0 Å². The third-order valence-electron chi connectivity index (χ3n) is 6.53. The molecule has 1 fully saturated rings. The molecule has 0 spiro atoms. The number of alkyl halides is 3. The standard InChI is InChI=1S/C25H23F3N6O2/c1-32-7-9-33(10-8-32)16-5-6-17-20(12-16)34(24(30)36)22-18(23(29)35)13-19(31-21(17)22)14-3-2-4-15(11-14)25(26,27)28/h2-6,11-13H,7-10H2,1H3,(H2,29,35)(H2,30,36). The Morgan fingerprint density at radius 1 is 0.972 bits per heavy atom. The number of carbonyl (C=O) groups excluding carboxylic acids is 2. The first-order valence-corrected chi connectivity index (χ1v) is 11.2. The van der Waals surface area contributed by atoms with Gasteiger partial charge in [-0.05, 0) is 43.4 Å². The molecule has 0 aliphatic carbocycles. The predicted molar refractivity (Wildman–Crippen MR) is 131 cm³/mol. The topological polar surface area (TPSA) is 110 Å². The van der Waals surface area contributed by atoms with Gasteiger partial charge in [-0.15, -0.1) is 0 Å². The van der Waals surface area contributed by atoms with Crippen LogP contribution in [0.1, 0.15) is 15.9 Å². The Hall–Kier alpha value is -4.12. The molecule has 0 atom stereocenters. The Labute approximate surface area is 203 Å². The average molecular weight is 496 g/mol. The van der Waals surface area contributed by atoms with Gasteiger partial charge in [-0.2, -0.15) is 13.2 Å². The number of pyridine rings is 1. The number of fused-ring (bicyclic) bond motifs is 3. The first-order valence-electron chi connectivity index (χ1n) is 11.2. The lowest BCUT2D eigenvalue weighted by Crippen LogP contribution is -2.44. The van der Waals surface area contributed by atoms with Crippen molar-refractivity contribution in [2.24, 2.45) is 11.5 Å². The van der Waals surface area contributed by atoms with Gasteiger partial charge >= 0.3 is 12.2 Å². The van der Waals surface area contributed by atoms with Crippen LogP contribution in [0.4, 0.5) is 23.7 Å². The van der Waals surface area contributed by atoms with E-state index in [2.05, 4.69) is 14.8 Å². The number of rotatable bonds is 3. The highest BCUT2D eigenvalue weighted by Gasteiger charge is 2.31. The highest BCUT2D eigenvalue weighted by Crippen LogP contribution is 2.36. The number of carbonyl (C=O) groups is 2. The lowest BCUT2D eigenvalue weighted by molar-refractivity contribution is -0.137. The first kappa shape index (κ1) is 23.6. The largest absolute Gasteiger partial charge is 0.416 e. The van der Waals surface area contributed by atoms with Crippen molar-refractivity contribution in [2.45, 2.75) is 6.18 Å². The first-order chi connectivity index (χ1) is 17.0. The smallest absolute Gasteiger partial charge is 0.369 e. The van der Waals surface area contributed by atoms with Gasteiger partial charge in [0.15, 0.2) is 0 Å². The second kappa shape index (κ2) is 8.52. The van der Waals surface area contributed by atoms with Crippen LogP contribution in [-0.2, 0) is 6.18 Å². The number of likely N-dealkylation sites (N-methyl/N-ethyl adjacent to an activating group) is 1. The van der Waals surface area contributed by atoms with Crippen LogP contribution in [0, 0.1) is 0 Å². The number of hydrogen-bond donors (Lipinski definition) is 2. The third kappa shape index (κ3) is 4.01. The van der Waals surface area contributed by atoms with E-state index in [1.807, 2.05) is 19.2 Å². The van der Waals surface area contributed by atoms with Gasteiger partial charge in [0.1, 0.15) is 0 Å². The van der Waals surface area contributed by atoms with Crippen molar-refractivity contribution in [3.05, 3.63) is 59.7 Å². The minimum Gasteiger partial charge on any atom is -0.369 e. The Morgan fingerprint density at radius 3 is 2.33 bits per heavy atom. The van der Waals surface area contributed by atoms with Gasteiger partial charge in [0.05, 0.1) is 33.4 Å². The fraction of sp³-hybridized carbons (Fsp3) is 0.240. The van der Waals surface area contributed by atoms with E-state index in [1.54, 1.807) is 6.07 Å². The minimum atomic E-state index is -4.55. The molecule has 1 aliphatic heterocycles. The second-order valence-electron chi connectivity index (χ2n) is 8.86. The van der Waals surface area contributed by atoms with Crippen molar-refractivity contribution in [2.75, 3.05) is 38.1 Å². The Kier molecular flexibility index (Phi) is 5.59. The second-order valence-corrected chi connectivity index (χ2v) is 8.86. The molecule has 5 rings (SSSR count). The molecule has 2 amide bonds. The third-order valence-corrected chi connectivity index (χ3v) is 6.53. The van der Waals surface area contributed by atoms with Crippen LogP contribution >= 0.6 is 0 Å². The molecule has 1 aliphatic rings. The number of anilines is 1. The highest BCUT2D eigenvalue weighted by molar-refractivity contribution is 6.18. The molecule has 3 heterocycles. The number of nitrogens with two attached hydrogens (primary N) is 2. The number of aromatic nitrogens is 2. The Morgan fingerprint density at radius 2 is 1.69 bits per heavy atom. The molecular formula is C25H23F3N6O2. The van der Waals surface area contributed by atoms with Crippen LogP contribution < -0.4 is 16.4 Å². The molecule has 8 nitrogen and oxygen atoms in total. The van der Waals surface area contributed by atoms with Gasteiger partial charge in [0.25, 0.3) is 5.91 Å². The lowest BCUT2D eigenvalue weighted by atomic mass is 10.0. The van der Waals surface area contributed by atoms with Crippen molar-refractivity contribution in [1.29, 1.82) is 0 Å². The van der Waals surface area contributed by atoms with Gasteiger partial charge in [-0.1, -0.05) is 12.1 Å². The SMILES string of the molecule is CN1CCN(c2ccc3c4nc(-c5cccc(C(F)(F)F)c5)cc(C(N)=O)c4n(C(N)=O)c3c2)CC1. The van der Waals surface area contributed by atoms with Crippen LogP contribution in [0.5, 0.6) is 0 Å². The summed E-state index contributed by atoms with van der Waals surface area (Å²) in [4.78, 5) is 34.0. The number of benzene rings is 2. The maximum absolute atomic E-state index is 13.3. The van der Waals surface area contributed by atoms with Gasteiger partial charge in [-0.3, -0.25) is 9.36 Å². The molecule has 4 aromatic rings. The minimum absolute atomic E-state index is 0.0661. The summed E-state index contributed by atoms with van der Waals surface area (Å²) in [5.41, 5.74) is 12.4. The fourth-order valence-corrected chi connectivity index (χ4v) is 4.66. The molecule has 0 unspecified atom stereocenters. The number of nitrogens with zero attached hydrogens (tertiary/aromatic N) is 4. The van der Waals surface area contributed by atoms with Gasteiger partial charge in [-0.25, -0.2) is 9.78 Å². The fourth-order valence-electron chi connectivity index (χ4n) is 4.66. The summed E-state index contributed by atoms with van der Waals surface area (Å²) < 4.78 is 41.1. The molecule has 0 bridgehead atoms. The average Bonchev–Trinajstić information content (AvgIpc) is 3.17. The van der Waals surface area contributed by atoms with Crippen LogP contribution in [0.3, 0.4) is 0 Å². The van der Waals surface area contributed by atoms with Gasteiger partial charge < -0.3 is 21.3 Å². The molecule has 4 N–H and O–H groups in total. The van der Waals surface area contributed by atoms with Crippen molar-refractivity contribution >= 4 is 39.6 Å².